The molecule has 0 spiro atoms. The molecule has 92 valence electrons. The molecule has 1 saturated carbocycles. The normalized spacial score (nSPS) is 15.2. The Kier molecular flexibility index (Phi) is 3.64. The van der Waals surface area contributed by atoms with Gasteiger partial charge in [-0.2, -0.15) is 0 Å². The summed E-state index contributed by atoms with van der Waals surface area (Å²) in [5.74, 6) is 0. The van der Waals surface area contributed by atoms with Gasteiger partial charge in [0, 0.05) is 25.3 Å². The summed E-state index contributed by atoms with van der Waals surface area (Å²) >= 11 is 0. The Hall–Kier alpha value is -1.55. The Morgan fingerprint density at radius 2 is 2.18 bits per heavy atom. The van der Waals surface area contributed by atoms with Crippen LogP contribution in [0, 0.1) is 0 Å². The van der Waals surface area contributed by atoms with E-state index in [2.05, 4.69) is 5.32 Å². The number of nitrogens with two attached hydrogens (primary N) is 1. The number of hydrogen-bond acceptors (Lipinski definition) is 2. The third-order valence-corrected chi connectivity index (χ3v) is 3.31. The monoisotopic (exact) mass is 233 g/mol. The average molecular weight is 233 g/mol. The van der Waals surface area contributed by atoms with E-state index in [1.807, 2.05) is 24.3 Å². The van der Waals surface area contributed by atoms with Gasteiger partial charge in [-0.05, 0) is 30.9 Å². The Labute approximate surface area is 102 Å². The summed E-state index contributed by atoms with van der Waals surface area (Å²) in [4.78, 5) is 13.6. The quantitative estimate of drug-likeness (QED) is 0.837. The van der Waals surface area contributed by atoms with E-state index >= 15 is 0 Å². The van der Waals surface area contributed by atoms with Crippen molar-refractivity contribution in [3.05, 3.63) is 29.8 Å². The summed E-state index contributed by atoms with van der Waals surface area (Å²) < 4.78 is 0. The van der Waals surface area contributed by atoms with Gasteiger partial charge >= 0.3 is 6.03 Å². The lowest BCUT2D eigenvalue weighted by Gasteiger charge is -2.29. The fourth-order valence-electron chi connectivity index (χ4n) is 1.94. The van der Waals surface area contributed by atoms with Crippen LogP contribution < -0.4 is 16.0 Å². The highest BCUT2D eigenvalue weighted by molar-refractivity contribution is 5.92. The minimum absolute atomic E-state index is 0.0457. The van der Waals surface area contributed by atoms with E-state index in [1.165, 1.54) is 6.42 Å². The highest BCUT2D eigenvalue weighted by Gasteiger charge is 2.22. The number of benzene rings is 1. The molecule has 0 unspecified atom stereocenters. The smallest absolute Gasteiger partial charge is 0.321 e. The maximum Gasteiger partial charge on any atom is 0.321 e. The molecule has 1 aromatic rings. The summed E-state index contributed by atoms with van der Waals surface area (Å²) in [7, 11) is 1.78. The molecular weight excluding hydrogens is 214 g/mol. The van der Waals surface area contributed by atoms with E-state index in [0.717, 1.165) is 24.1 Å². The average Bonchev–Trinajstić information content (AvgIpc) is 2.32. The second-order valence-electron chi connectivity index (χ2n) is 4.47. The van der Waals surface area contributed by atoms with Crippen LogP contribution in [0.1, 0.15) is 24.8 Å². The van der Waals surface area contributed by atoms with Gasteiger partial charge in [0.1, 0.15) is 0 Å². The van der Waals surface area contributed by atoms with Crippen LogP contribution in [0.25, 0.3) is 0 Å². The number of amides is 2. The number of hydrogen-bond donors (Lipinski definition) is 2. The Balaban J connectivity index is 2.06. The number of carbonyl (C=O) groups excluding carboxylic acids is 1. The minimum Gasteiger partial charge on any atom is -0.335 e. The van der Waals surface area contributed by atoms with Crippen molar-refractivity contribution in [3.63, 3.8) is 0 Å². The maximum atomic E-state index is 12.0. The molecule has 0 saturated heterocycles. The van der Waals surface area contributed by atoms with E-state index in [9.17, 15) is 4.79 Å². The van der Waals surface area contributed by atoms with Crippen molar-refractivity contribution >= 4 is 11.7 Å². The molecular formula is C13H19N3O. The fourth-order valence-corrected chi connectivity index (χ4v) is 1.94. The topological polar surface area (TPSA) is 58.4 Å². The first-order valence-electron chi connectivity index (χ1n) is 6.04. The molecule has 0 atom stereocenters. The minimum atomic E-state index is -0.0457. The molecule has 17 heavy (non-hydrogen) atoms. The first-order chi connectivity index (χ1) is 8.22. The van der Waals surface area contributed by atoms with Crippen molar-refractivity contribution in [1.82, 2.24) is 5.32 Å². The van der Waals surface area contributed by atoms with Gasteiger partial charge in [-0.3, -0.25) is 4.90 Å². The van der Waals surface area contributed by atoms with Crippen molar-refractivity contribution in [3.8, 4) is 0 Å². The zero-order valence-corrected chi connectivity index (χ0v) is 10.1. The second-order valence-corrected chi connectivity index (χ2v) is 4.47. The van der Waals surface area contributed by atoms with Gasteiger partial charge in [-0.1, -0.05) is 18.2 Å². The van der Waals surface area contributed by atoms with Gasteiger partial charge in [0.2, 0.25) is 0 Å². The number of urea groups is 1. The molecule has 0 bridgehead atoms. The van der Waals surface area contributed by atoms with Crippen LogP contribution in [0.15, 0.2) is 24.3 Å². The molecule has 2 rings (SSSR count). The van der Waals surface area contributed by atoms with Crippen LogP contribution in [-0.2, 0) is 6.54 Å². The lowest BCUT2D eigenvalue weighted by atomic mass is 9.93. The second kappa shape index (κ2) is 5.19. The van der Waals surface area contributed by atoms with Crippen LogP contribution in [-0.4, -0.2) is 19.1 Å². The lowest BCUT2D eigenvalue weighted by molar-refractivity contribution is 0.235. The number of carbonyl (C=O) groups is 1. The van der Waals surface area contributed by atoms with Crippen molar-refractivity contribution in [2.45, 2.75) is 31.8 Å². The van der Waals surface area contributed by atoms with E-state index in [4.69, 9.17) is 5.73 Å². The first-order valence-corrected chi connectivity index (χ1v) is 6.04. The molecule has 4 heteroatoms. The molecule has 3 N–H and O–H groups in total. The Bertz CT molecular complexity index is 401. The molecule has 0 aromatic heterocycles. The molecule has 0 heterocycles. The van der Waals surface area contributed by atoms with Gasteiger partial charge in [-0.25, -0.2) is 4.79 Å². The molecule has 1 aliphatic carbocycles. The first kappa shape index (κ1) is 11.9. The van der Waals surface area contributed by atoms with Gasteiger partial charge in [0.15, 0.2) is 0 Å². The zero-order valence-electron chi connectivity index (χ0n) is 10.1. The molecule has 1 aliphatic rings. The van der Waals surface area contributed by atoms with E-state index in [1.54, 1.807) is 11.9 Å². The van der Waals surface area contributed by atoms with Crippen LogP contribution in [0.4, 0.5) is 10.5 Å². The Morgan fingerprint density at radius 1 is 1.47 bits per heavy atom. The van der Waals surface area contributed by atoms with Crippen LogP contribution in [0.5, 0.6) is 0 Å². The molecule has 4 nitrogen and oxygen atoms in total. The molecule has 0 radical (unpaired) electrons. The molecule has 2 amide bonds. The third kappa shape index (κ3) is 2.58. The van der Waals surface area contributed by atoms with Crippen molar-refractivity contribution < 1.29 is 4.79 Å². The number of nitrogens with zero attached hydrogens (tertiary/aromatic N) is 1. The van der Waals surface area contributed by atoms with Crippen molar-refractivity contribution in [1.29, 1.82) is 0 Å². The largest absolute Gasteiger partial charge is 0.335 e. The number of nitrogens with one attached hydrogen (secondary N) is 1. The van der Waals surface area contributed by atoms with Crippen LogP contribution >= 0.6 is 0 Å². The highest BCUT2D eigenvalue weighted by Crippen LogP contribution is 2.21. The molecule has 1 aromatic carbocycles. The highest BCUT2D eigenvalue weighted by atomic mass is 16.2. The third-order valence-electron chi connectivity index (χ3n) is 3.31. The lowest BCUT2D eigenvalue weighted by Crippen LogP contribution is -2.46. The summed E-state index contributed by atoms with van der Waals surface area (Å²) in [5.41, 5.74) is 7.54. The SMILES string of the molecule is CN(C(=O)NC1CCC1)c1ccccc1CN. The van der Waals surface area contributed by atoms with Crippen LogP contribution in [0.3, 0.4) is 0 Å². The Morgan fingerprint density at radius 3 is 2.76 bits per heavy atom. The number of anilines is 1. The number of para-hydroxylation sites is 1. The maximum absolute atomic E-state index is 12.0. The predicted octanol–water partition coefficient (Wildman–Crippen LogP) is 1.84. The van der Waals surface area contributed by atoms with E-state index in [-0.39, 0.29) is 6.03 Å². The van der Waals surface area contributed by atoms with Gasteiger partial charge in [0.25, 0.3) is 0 Å². The van der Waals surface area contributed by atoms with Crippen molar-refractivity contribution in [2.75, 3.05) is 11.9 Å². The van der Waals surface area contributed by atoms with E-state index in [0.29, 0.717) is 12.6 Å². The fraction of sp³-hybridized carbons (Fsp3) is 0.462. The summed E-state index contributed by atoms with van der Waals surface area (Å²) in [6, 6.07) is 8.03. The van der Waals surface area contributed by atoms with Gasteiger partial charge in [-0.15, -0.1) is 0 Å². The summed E-state index contributed by atoms with van der Waals surface area (Å²) in [6.07, 6.45) is 3.41. The van der Waals surface area contributed by atoms with Crippen molar-refractivity contribution in [2.24, 2.45) is 5.73 Å². The van der Waals surface area contributed by atoms with E-state index < -0.39 is 0 Å². The summed E-state index contributed by atoms with van der Waals surface area (Å²) in [5, 5.41) is 3.01. The summed E-state index contributed by atoms with van der Waals surface area (Å²) in [6.45, 7) is 0.442. The van der Waals surface area contributed by atoms with Gasteiger partial charge in [0.05, 0.1) is 0 Å². The molecule has 0 aliphatic heterocycles. The standard InChI is InChI=1S/C13H19N3O/c1-16(13(17)15-11-6-4-7-11)12-8-3-2-5-10(12)9-14/h2-3,5,8,11H,4,6-7,9,14H2,1H3,(H,15,17). The zero-order chi connectivity index (χ0) is 12.3. The molecule has 1 fully saturated rings. The van der Waals surface area contributed by atoms with Gasteiger partial charge < -0.3 is 11.1 Å². The number of rotatable bonds is 3. The van der Waals surface area contributed by atoms with Crippen LogP contribution in [0.2, 0.25) is 0 Å². The predicted molar refractivity (Wildman–Crippen MR) is 68.9 cm³/mol.